The topological polar surface area (TPSA) is 72.2 Å². The SMILES string of the molecule is Cc1ccc(C)c(S(=O)(=O)Nc2ccc(Cl)cc2F)c1N. The molecule has 0 spiro atoms. The van der Waals surface area contributed by atoms with Crippen molar-refractivity contribution in [1.29, 1.82) is 0 Å². The zero-order valence-corrected chi connectivity index (χ0v) is 13.0. The van der Waals surface area contributed by atoms with Gasteiger partial charge in [-0.25, -0.2) is 12.8 Å². The zero-order valence-electron chi connectivity index (χ0n) is 11.4. The summed E-state index contributed by atoms with van der Waals surface area (Å²) in [7, 11) is -3.99. The molecule has 0 saturated heterocycles. The Morgan fingerprint density at radius 3 is 2.38 bits per heavy atom. The first-order chi connectivity index (χ1) is 9.72. The highest BCUT2D eigenvalue weighted by atomic mass is 35.5. The minimum atomic E-state index is -3.99. The normalized spacial score (nSPS) is 11.4. The fourth-order valence-electron chi connectivity index (χ4n) is 1.93. The van der Waals surface area contributed by atoms with Crippen LogP contribution in [0.2, 0.25) is 5.02 Å². The van der Waals surface area contributed by atoms with Crippen LogP contribution in [0.25, 0.3) is 0 Å². The minimum Gasteiger partial charge on any atom is -0.397 e. The van der Waals surface area contributed by atoms with E-state index in [9.17, 15) is 12.8 Å². The third-order valence-electron chi connectivity index (χ3n) is 3.06. The van der Waals surface area contributed by atoms with Gasteiger partial charge in [-0.1, -0.05) is 23.7 Å². The molecule has 0 aromatic heterocycles. The van der Waals surface area contributed by atoms with Gasteiger partial charge in [0.2, 0.25) is 0 Å². The highest BCUT2D eigenvalue weighted by molar-refractivity contribution is 7.93. The largest absolute Gasteiger partial charge is 0.397 e. The Morgan fingerprint density at radius 1 is 1.14 bits per heavy atom. The van der Waals surface area contributed by atoms with Gasteiger partial charge in [0, 0.05) is 5.02 Å². The molecule has 0 amide bonds. The molecule has 0 aliphatic heterocycles. The van der Waals surface area contributed by atoms with E-state index in [1.165, 1.54) is 12.1 Å². The minimum absolute atomic E-state index is 0.0446. The van der Waals surface area contributed by atoms with Crippen molar-refractivity contribution in [2.45, 2.75) is 18.7 Å². The molecule has 2 rings (SSSR count). The number of hydrogen-bond acceptors (Lipinski definition) is 3. The Balaban J connectivity index is 2.51. The first-order valence-electron chi connectivity index (χ1n) is 6.06. The van der Waals surface area contributed by atoms with E-state index in [0.29, 0.717) is 11.1 Å². The number of nitrogens with two attached hydrogens (primary N) is 1. The smallest absolute Gasteiger partial charge is 0.264 e. The van der Waals surface area contributed by atoms with E-state index in [1.54, 1.807) is 26.0 Å². The van der Waals surface area contributed by atoms with Crippen molar-refractivity contribution in [2.75, 3.05) is 10.5 Å². The Morgan fingerprint density at radius 2 is 1.76 bits per heavy atom. The molecule has 0 heterocycles. The van der Waals surface area contributed by atoms with E-state index in [1.807, 2.05) is 0 Å². The molecular formula is C14H14ClFN2O2S. The first kappa shape index (κ1) is 15.6. The van der Waals surface area contributed by atoms with Crippen LogP contribution in [-0.4, -0.2) is 8.42 Å². The monoisotopic (exact) mass is 328 g/mol. The lowest BCUT2D eigenvalue weighted by molar-refractivity contribution is 0.598. The van der Waals surface area contributed by atoms with Gasteiger partial charge < -0.3 is 5.73 Å². The number of rotatable bonds is 3. The van der Waals surface area contributed by atoms with Gasteiger partial charge in [0.25, 0.3) is 10.0 Å². The summed E-state index contributed by atoms with van der Waals surface area (Å²) in [5.41, 5.74) is 6.94. The van der Waals surface area contributed by atoms with E-state index in [0.717, 1.165) is 6.07 Å². The quantitative estimate of drug-likeness (QED) is 0.847. The van der Waals surface area contributed by atoms with E-state index in [-0.39, 0.29) is 21.3 Å². The number of anilines is 2. The van der Waals surface area contributed by atoms with Crippen LogP contribution in [0.1, 0.15) is 11.1 Å². The predicted octanol–water partition coefficient (Wildman–Crippen LogP) is 3.48. The number of benzene rings is 2. The van der Waals surface area contributed by atoms with Crippen LogP contribution >= 0.6 is 11.6 Å². The van der Waals surface area contributed by atoms with Crippen LogP contribution in [-0.2, 0) is 10.0 Å². The fraction of sp³-hybridized carbons (Fsp3) is 0.143. The van der Waals surface area contributed by atoms with Crippen molar-refractivity contribution in [3.05, 3.63) is 52.3 Å². The van der Waals surface area contributed by atoms with Gasteiger partial charge in [-0.05, 0) is 43.2 Å². The van der Waals surface area contributed by atoms with Crippen LogP contribution in [0.15, 0.2) is 35.2 Å². The van der Waals surface area contributed by atoms with Crippen molar-refractivity contribution in [2.24, 2.45) is 0 Å². The van der Waals surface area contributed by atoms with Crippen molar-refractivity contribution in [3.63, 3.8) is 0 Å². The molecule has 0 aliphatic carbocycles. The van der Waals surface area contributed by atoms with Crippen LogP contribution in [0.4, 0.5) is 15.8 Å². The van der Waals surface area contributed by atoms with E-state index >= 15 is 0 Å². The molecule has 0 aliphatic rings. The van der Waals surface area contributed by atoms with Crippen molar-refractivity contribution in [3.8, 4) is 0 Å². The number of nitrogens with one attached hydrogen (secondary N) is 1. The molecule has 2 aromatic carbocycles. The fourth-order valence-corrected chi connectivity index (χ4v) is 3.59. The van der Waals surface area contributed by atoms with Crippen LogP contribution in [0.5, 0.6) is 0 Å². The summed E-state index contributed by atoms with van der Waals surface area (Å²) in [6, 6.07) is 7.07. The summed E-state index contributed by atoms with van der Waals surface area (Å²) in [5.74, 6) is -0.755. The van der Waals surface area contributed by atoms with Crippen LogP contribution < -0.4 is 10.5 Å². The molecule has 21 heavy (non-hydrogen) atoms. The molecule has 7 heteroatoms. The summed E-state index contributed by atoms with van der Waals surface area (Å²) in [4.78, 5) is -0.0446. The lowest BCUT2D eigenvalue weighted by Crippen LogP contribution is -2.17. The average Bonchev–Trinajstić information content (AvgIpc) is 2.37. The number of aryl methyl sites for hydroxylation is 2. The van der Waals surface area contributed by atoms with Gasteiger partial charge in [-0.15, -0.1) is 0 Å². The van der Waals surface area contributed by atoms with Crippen molar-refractivity contribution in [1.82, 2.24) is 0 Å². The molecule has 0 unspecified atom stereocenters. The predicted molar refractivity (Wildman–Crippen MR) is 82.5 cm³/mol. The maximum Gasteiger partial charge on any atom is 0.264 e. The average molecular weight is 329 g/mol. The molecule has 112 valence electrons. The molecule has 2 aromatic rings. The number of hydrogen-bond donors (Lipinski definition) is 2. The molecule has 0 fully saturated rings. The number of halogens is 2. The Hall–Kier alpha value is -1.79. The van der Waals surface area contributed by atoms with Crippen molar-refractivity contribution < 1.29 is 12.8 Å². The number of sulfonamides is 1. The molecular weight excluding hydrogens is 315 g/mol. The molecule has 0 radical (unpaired) electrons. The van der Waals surface area contributed by atoms with E-state index in [4.69, 9.17) is 17.3 Å². The highest BCUT2D eigenvalue weighted by Crippen LogP contribution is 2.29. The van der Waals surface area contributed by atoms with Gasteiger partial charge in [0.05, 0.1) is 11.4 Å². The second kappa shape index (κ2) is 5.54. The lowest BCUT2D eigenvalue weighted by Gasteiger charge is -2.14. The standard InChI is InChI=1S/C14H14ClFN2O2S/c1-8-3-4-9(2)14(13(8)17)21(19,20)18-12-6-5-10(15)7-11(12)16/h3-7,18H,17H2,1-2H3. The molecule has 0 bridgehead atoms. The van der Waals surface area contributed by atoms with Crippen LogP contribution in [0, 0.1) is 19.7 Å². The third-order valence-corrected chi connectivity index (χ3v) is 4.86. The van der Waals surface area contributed by atoms with E-state index < -0.39 is 15.8 Å². The summed E-state index contributed by atoms with van der Waals surface area (Å²) < 4.78 is 40.8. The van der Waals surface area contributed by atoms with Gasteiger partial charge in [-0.3, -0.25) is 4.72 Å². The second-order valence-corrected chi connectivity index (χ2v) is 6.73. The van der Waals surface area contributed by atoms with Crippen molar-refractivity contribution >= 4 is 33.0 Å². The molecule has 4 nitrogen and oxygen atoms in total. The van der Waals surface area contributed by atoms with Gasteiger partial charge in [-0.2, -0.15) is 0 Å². The molecule has 0 atom stereocenters. The highest BCUT2D eigenvalue weighted by Gasteiger charge is 2.22. The third kappa shape index (κ3) is 3.11. The molecule has 0 saturated carbocycles. The summed E-state index contributed by atoms with van der Waals surface area (Å²) in [5, 5.41) is 0.182. The van der Waals surface area contributed by atoms with Gasteiger partial charge >= 0.3 is 0 Å². The Bertz CT molecular complexity index is 807. The second-order valence-electron chi connectivity index (χ2n) is 4.67. The lowest BCUT2D eigenvalue weighted by atomic mass is 10.1. The first-order valence-corrected chi connectivity index (χ1v) is 7.92. The summed E-state index contributed by atoms with van der Waals surface area (Å²) >= 11 is 5.64. The van der Waals surface area contributed by atoms with Gasteiger partial charge in [0.1, 0.15) is 10.7 Å². The maximum absolute atomic E-state index is 13.7. The number of nitrogen functional groups attached to an aromatic ring is 1. The molecule has 3 N–H and O–H groups in total. The van der Waals surface area contributed by atoms with Crippen LogP contribution in [0.3, 0.4) is 0 Å². The zero-order chi connectivity index (χ0) is 15.8. The summed E-state index contributed by atoms with van der Waals surface area (Å²) in [6.07, 6.45) is 0. The Kier molecular flexibility index (Phi) is 4.11. The van der Waals surface area contributed by atoms with E-state index in [2.05, 4.69) is 4.72 Å². The van der Waals surface area contributed by atoms with Gasteiger partial charge in [0.15, 0.2) is 0 Å². The summed E-state index contributed by atoms with van der Waals surface area (Å²) in [6.45, 7) is 3.33. The Labute approximate surface area is 127 Å². The maximum atomic E-state index is 13.7.